The van der Waals surface area contributed by atoms with E-state index in [1.807, 2.05) is 12.2 Å². The average Bonchev–Trinajstić information content (AvgIpc) is 3.34. The van der Waals surface area contributed by atoms with Crippen LogP contribution >= 0.6 is 0 Å². The van der Waals surface area contributed by atoms with Crippen LogP contribution in [0.15, 0.2) is 39.9 Å². The Morgan fingerprint density at radius 2 is 1.85 bits per heavy atom. The zero-order valence-corrected chi connectivity index (χ0v) is 26.4. The molecule has 4 aliphatic heterocycles. The van der Waals surface area contributed by atoms with Crippen LogP contribution in [0.1, 0.15) is 56.9 Å². The summed E-state index contributed by atoms with van der Waals surface area (Å²) in [6.07, 6.45) is 6.58. The van der Waals surface area contributed by atoms with Crippen LogP contribution in [0, 0.1) is 11.7 Å². The molecule has 2 saturated heterocycles. The number of carboxylic acid groups (broad SMARTS) is 1. The molecule has 1 saturated carbocycles. The molecular weight excluding hydrogens is 625 g/mol. The minimum absolute atomic E-state index is 0.0881. The molecule has 3 fully saturated rings. The fourth-order valence-electron chi connectivity index (χ4n) is 7.46. The van der Waals surface area contributed by atoms with E-state index in [2.05, 4.69) is 10.6 Å². The summed E-state index contributed by atoms with van der Waals surface area (Å²) in [6, 6.07) is 2.32. The summed E-state index contributed by atoms with van der Waals surface area (Å²) in [5.41, 5.74) is -1.64. The average molecular weight is 664 g/mol. The van der Waals surface area contributed by atoms with Gasteiger partial charge in [0.25, 0.3) is 10.9 Å². The van der Waals surface area contributed by atoms with Gasteiger partial charge in [0.05, 0.1) is 12.2 Å². The third-order valence-corrected chi connectivity index (χ3v) is 10.5. The Bertz CT molecular complexity index is 1770. The number of hydrogen-bond donors (Lipinski definition) is 3. The van der Waals surface area contributed by atoms with Gasteiger partial charge in [-0.1, -0.05) is 31.1 Å². The monoisotopic (exact) mass is 663 g/mol. The molecule has 3 amide bonds. The second kappa shape index (κ2) is 12.4. The maximum absolute atomic E-state index is 14.4. The van der Waals surface area contributed by atoms with Crippen LogP contribution in [0.3, 0.4) is 0 Å². The first-order chi connectivity index (χ1) is 23.1. The predicted octanol–water partition coefficient (Wildman–Crippen LogP) is 2.06. The molecule has 3 N–H and O–H groups in total. The van der Waals surface area contributed by atoms with Gasteiger partial charge >= 0.3 is 12.1 Å². The number of nitrogens with zero attached hydrogens (tertiary/aromatic N) is 3. The third-order valence-electron chi connectivity index (χ3n) is 10.5. The molecule has 0 aromatic heterocycles. The minimum Gasteiger partial charge on any atom is -0.479 e. The molecule has 1 aliphatic carbocycles. The number of aliphatic carboxylic acids is 1. The van der Waals surface area contributed by atoms with Gasteiger partial charge < -0.3 is 30.3 Å². The number of benzene rings is 1. The molecule has 48 heavy (non-hydrogen) atoms. The Morgan fingerprint density at radius 3 is 2.60 bits per heavy atom. The molecule has 5 aliphatic rings. The highest BCUT2D eigenvalue weighted by molar-refractivity contribution is 5.97. The van der Waals surface area contributed by atoms with Gasteiger partial charge in [0.1, 0.15) is 40.9 Å². The second-order valence-electron chi connectivity index (χ2n) is 13.4. The van der Waals surface area contributed by atoms with E-state index >= 15 is 0 Å². The zero-order valence-electron chi connectivity index (χ0n) is 26.4. The van der Waals surface area contributed by atoms with Crippen LogP contribution in [0.5, 0.6) is 0 Å². The zero-order chi connectivity index (χ0) is 33.7. The van der Waals surface area contributed by atoms with Crippen molar-refractivity contribution in [3.05, 3.63) is 62.2 Å². The summed E-state index contributed by atoms with van der Waals surface area (Å²) in [5, 5.41) is 15.8. The van der Waals surface area contributed by atoms with Gasteiger partial charge in [0.15, 0.2) is 0 Å². The number of rotatable bonds is 5. The number of hydrogen-bond acceptors (Lipinski definition) is 9. The number of carbonyl (C=O) groups excluding carboxylic acids is 3. The maximum Gasteiger partial charge on any atom is 0.414 e. The van der Waals surface area contributed by atoms with Crippen LogP contribution in [0.4, 0.5) is 26.2 Å². The Morgan fingerprint density at radius 1 is 1.04 bits per heavy atom. The Labute approximate surface area is 275 Å². The topological polar surface area (TPSA) is 166 Å². The summed E-state index contributed by atoms with van der Waals surface area (Å²) in [4.78, 5) is 83.5. The smallest absolute Gasteiger partial charge is 0.414 e. The molecule has 5 atom stereocenters. The minimum atomic E-state index is -1.51. The first-order valence-electron chi connectivity index (χ1n) is 16.7. The fraction of sp³-hybridized carbons (Fsp3) is 0.529. The van der Waals surface area contributed by atoms with Crippen LogP contribution < -0.4 is 31.3 Å². The van der Waals surface area contributed by atoms with E-state index in [0.29, 0.717) is 50.0 Å². The maximum atomic E-state index is 14.4. The first-order valence-corrected chi connectivity index (χ1v) is 16.7. The number of carboxylic acids is 1. The van der Waals surface area contributed by atoms with E-state index in [1.165, 1.54) is 21.9 Å². The molecule has 4 heterocycles. The van der Waals surface area contributed by atoms with Crippen molar-refractivity contribution in [2.24, 2.45) is 5.92 Å². The lowest BCUT2D eigenvalue weighted by atomic mass is 10.0. The highest BCUT2D eigenvalue weighted by Gasteiger charge is 2.61. The Hall–Kier alpha value is -4.75. The highest BCUT2D eigenvalue weighted by atomic mass is 19.1. The lowest BCUT2D eigenvalue weighted by Gasteiger charge is -2.36. The summed E-state index contributed by atoms with van der Waals surface area (Å²) in [5.74, 6) is -3.20. The number of halogens is 1. The van der Waals surface area contributed by atoms with Gasteiger partial charge in [-0.25, -0.2) is 14.0 Å². The van der Waals surface area contributed by atoms with E-state index in [4.69, 9.17) is 4.74 Å². The van der Waals surface area contributed by atoms with Crippen molar-refractivity contribution in [1.29, 1.82) is 0 Å². The van der Waals surface area contributed by atoms with Crippen LogP contribution in [0.2, 0.25) is 0 Å². The number of fused-ring (bicyclic) bond motifs is 3. The van der Waals surface area contributed by atoms with Crippen LogP contribution in [0.25, 0.3) is 0 Å². The molecule has 0 radical (unpaired) electrons. The number of carbonyl (C=O) groups is 4. The van der Waals surface area contributed by atoms with Crippen molar-refractivity contribution < 1.29 is 33.4 Å². The van der Waals surface area contributed by atoms with Crippen molar-refractivity contribution in [3.63, 3.8) is 0 Å². The van der Waals surface area contributed by atoms with Crippen molar-refractivity contribution >= 4 is 40.9 Å². The standard InChI is InChI=1S/C34H38FN5O8/c35-22-9-6-11-24-21(22)12-15-39(24)33(47)48-20-16-25-30(43)37-34(32(45)46)17-19(34)8-4-2-1-3-5-10-23(31(44)40(25)18-20)36-26-27(29(42)28(26)41)38-13-7-14-38/h4,6,8-9,11,19-20,23,25,36H,1-3,5,7,10,12-18H2,(H,37,43)(H,45,46)/t19-,20-,23+,25+,34-/m1/s1. The summed E-state index contributed by atoms with van der Waals surface area (Å²) < 4.78 is 20.2. The van der Waals surface area contributed by atoms with Gasteiger partial charge in [-0.05, 0) is 50.7 Å². The van der Waals surface area contributed by atoms with E-state index in [-0.39, 0.29) is 37.3 Å². The summed E-state index contributed by atoms with van der Waals surface area (Å²) in [6.45, 7) is 1.32. The largest absolute Gasteiger partial charge is 0.479 e. The molecule has 14 heteroatoms. The Balaban J connectivity index is 1.16. The fourth-order valence-corrected chi connectivity index (χ4v) is 7.46. The second-order valence-corrected chi connectivity index (χ2v) is 13.4. The van der Waals surface area contributed by atoms with E-state index in [9.17, 15) is 38.3 Å². The molecular formula is C34H38FN5O8. The lowest BCUT2D eigenvalue weighted by Crippen LogP contribution is -2.55. The van der Waals surface area contributed by atoms with Crippen molar-refractivity contribution in [2.45, 2.75) is 81.5 Å². The van der Waals surface area contributed by atoms with Crippen LogP contribution in [-0.2, 0) is 25.5 Å². The Kier molecular flexibility index (Phi) is 8.20. The van der Waals surface area contributed by atoms with Gasteiger partial charge in [-0.15, -0.1) is 0 Å². The summed E-state index contributed by atoms with van der Waals surface area (Å²) in [7, 11) is 0. The van der Waals surface area contributed by atoms with Crippen molar-refractivity contribution in [3.8, 4) is 0 Å². The molecule has 13 nitrogen and oxygen atoms in total. The normalized spacial score (nSPS) is 28.8. The van der Waals surface area contributed by atoms with Crippen molar-refractivity contribution in [1.82, 2.24) is 10.2 Å². The lowest BCUT2D eigenvalue weighted by molar-refractivity contribution is -0.145. The first kappa shape index (κ1) is 31.8. The molecule has 2 aromatic rings. The number of anilines is 3. The number of ether oxygens (including phenoxy) is 1. The van der Waals surface area contributed by atoms with Gasteiger partial charge in [-0.2, -0.15) is 0 Å². The van der Waals surface area contributed by atoms with Gasteiger partial charge in [0.2, 0.25) is 11.8 Å². The van der Waals surface area contributed by atoms with E-state index in [1.54, 1.807) is 11.0 Å². The number of nitrogens with one attached hydrogen (secondary N) is 2. The SMILES string of the molecule is O=C1N[C@]2(C(=O)O)C[C@H]2C=CCCCCC[C@H](Nc2c(N3CCC3)c(=O)c2=O)C(=O)N2C[C@H](OC(=O)N3CCc4c(F)cccc43)C[C@@H]12. The van der Waals surface area contributed by atoms with Crippen molar-refractivity contribution in [2.75, 3.05) is 41.3 Å². The quantitative estimate of drug-likeness (QED) is 0.319. The predicted molar refractivity (Wildman–Crippen MR) is 172 cm³/mol. The highest BCUT2D eigenvalue weighted by Crippen LogP contribution is 2.45. The molecule has 0 bridgehead atoms. The number of amides is 3. The molecule has 0 unspecified atom stereocenters. The van der Waals surface area contributed by atoms with Gasteiger partial charge in [-0.3, -0.25) is 24.1 Å². The molecule has 0 spiro atoms. The van der Waals surface area contributed by atoms with E-state index in [0.717, 1.165) is 19.3 Å². The molecule has 7 rings (SSSR count). The number of allylic oxidation sites excluding steroid dienone is 1. The molecule has 2 aromatic carbocycles. The third kappa shape index (κ3) is 5.50. The van der Waals surface area contributed by atoms with Gasteiger partial charge in [0, 0.05) is 37.5 Å². The van der Waals surface area contributed by atoms with E-state index < -0.39 is 70.2 Å². The summed E-state index contributed by atoms with van der Waals surface area (Å²) >= 11 is 0. The molecule has 254 valence electrons. The van der Waals surface area contributed by atoms with Crippen LogP contribution in [-0.4, -0.2) is 83.8 Å².